The van der Waals surface area contributed by atoms with Crippen LogP contribution in [0.2, 0.25) is 0 Å². The monoisotopic (exact) mass is 227 g/mol. The van der Waals surface area contributed by atoms with Gasteiger partial charge in [0.25, 0.3) is 0 Å². The maximum atomic E-state index is 10.9. The average molecular weight is 227 g/mol. The number of carboxylic acids is 1. The zero-order valence-corrected chi connectivity index (χ0v) is 11.0. The fourth-order valence-corrected chi connectivity index (χ4v) is 3.17. The van der Waals surface area contributed by atoms with E-state index in [0.717, 1.165) is 19.4 Å². The van der Waals surface area contributed by atoms with Gasteiger partial charge in [-0.1, -0.05) is 27.7 Å². The molecule has 0 aromatic heterocycles. The van der Waals surface area contributed by atoms with Crippen molar-refractivity contribution in [1.29, 1.82) is 0 Å². The first-order chi connectivity index (χ1) is 7.35. The van der Waals surface area contributed by atoms with Gasteiger partial charge in [0, 0.05) is 6.04 Å². The molecule has 94 valence electrons. The van der Waals surface area contributed by atoms with E-state index >= 15 is 0 Å². The van der Waals surface area contributed by atoms with Crippen LogP contribution in [0.15, 0.2) is 0 Å². The van der Waals surface area contributed by atoms with Gasteiger partial charge >= 0.3 is 5.97 Å². The summed E-state index contributed by atoms with van der Waals surface area (Å²) >= 11 is 0. The van der Waals surface area contributed by atoms with Crippen LogP contribution in [0.4, 0.5) is 0 Å². The molecule has 0 radical (unpaired) electrons. The van der Waals surface area contributed by atoms with Crippen molar-refractivity contribution in [3.05, 3.63) is 0 Å². The zero-order chi connectivity index (χ0) is 12.3. The first kappa shape index (κ1) is 13.5. The lowest BCUT2D eigenvalue weighted by atomic mass is 9.91. The van der Waals surface area contributed by atoms with E-state index in [0.29, 0.717) is 17.4 Å². The summed E-state index contributed by atoms with van der Waals surface area (Å²) in [7, 11) is 0. The van der Waals surface area contributed by atoms with Crippen molar-refractivity contribution in [3.63, 3.8) is 0 Å². The highest BCUT2D eigenvalue weighted by atomic mass is 16.4. The van der Waals surface area contributed by atoms with Crippen molar-refractivity contribution < 1.29 is 9.90 Å². The standard InChI is InChI=1S/C13H25NO2/c1-5-6-14(9-12(15)16)11-8-13(3,4)7-10(11)2/h10-11H,5-9H2,1-4H3,(H,15,16). The number of hydrogen-bond donors (Lipinski definition) is 1. The first-order valence-electron chi connectivity index (χ1n) is 6.31. The second-order valence-corrected chi connectivity index (χ2v) is 5.98. The van der Waals surface area contributed by atoms with Crippen molar-refractivity contribution in [2.24, 2.45) is 11.3 Å². The Kier molecular flexibility index (Phi) is 4.36. The highest BCUT2D eigenvalue weighted by molar-refractivity contribution is 5.69. The van der Waals surface area contributed by atoms with Gasteiger partial charge in [0.05, 0.1) is 6.54 Å². The normalized spacial score (nSPS) is 28.6. The third kappa shape index (κ3) is 3.48. The Morgan fingerprint density at radius 1 is 1.44 bits per heavy atom. The Morgan fingerprint density at radius 2 is 2.06 bits per heavy atom. The second kappa shape index (κ2) is 5.17. The van der Waals surface area contributed by atoms with Crippen LogP contribution in [0.5, 0.6) is 0 Å². The minimum absolute atomic E-state index is 0.193. The number of nitrogens with zero attached hydrogens (tertiary/aromatic N) is 1. The molecule has 1 aliphatic carbocycles. The molecule has 1 fully saturated rings. The molecule has 1 rings (SSSR count). The SMILES string of the molecule is CCCN(CC(=O)O)C1CC(C)(C)CC1C. The number of aliphatic carboxylic acids is 1. The Bertz CT molecular complexity index is 250. The van der Waals surface area contributed by atoms with Gasteiger partial charge in [0.1, 0.15) is 0 Å². The van der Waals surface area contributed by atoms with Gasteiger partial charge in [-0.05, 0) is 37.1 Å². The zero-order valence-electron chi connectivity index (χ0n) is 11.0. The van der Waals surface area contributed by atoms with Crippen LogP contribution in [-0.4, -0.2) is 35.1 Å². The molecule has 1 aliphatic rings. The summed E-state index contributed by atoms with van der Waals surface area (Å²) in [6, 6.07) is 0.450. The quantitative estimate of drug-likeness (QED) is 0.785. The molecule has 0 amide bonds. The molecule has 0 spiro atoms. The van der Waals surface area contributed by atoms with Gasteiger partial charge in [-0.3, -0.25) is 9.69 Å². The van der Waals surface area contributed by atoms with Gasteiger partial charge in [-0.25, -0.2) is 0 Å². The summed E-state index contributed by atoms with van der Waals surface area (Å²) in [4.78, 5) is 13.0. The fourth-order valence-electron chi connectivity index (χ4n) is 3.17. The molecule has 2 unspecified atom stereocenters. The predicted octanol–water partition coefficient (Wildman–Crippen LogP) is 2.61. The smallest absolute Gasteiger partial charge is 0.317 e. The largest absolute Gasteiger partial charge is 0.480 e. The molecular formula is C13H25NO2. The summed E-state index contributed by atoms with van der Waals surface area (Å²) < 4.78 is 0. The van der Waals surface area contributed by atoms with Crippen molar-refractivity contribution in [3.8, 4) is 0 Å². The van der Waals surface area contributed by atoms with Crippen LogP contribution in [0, 0.1) is 11.3 Å². The molecule has 0 aromatic rings. The lowest BCUT2D eigenvalue weighted by Gasteiger charge is -2.30. The van der Waals surface area contributed by atoms with Crippen molar-refractivity contribution >= 4 is 5.97 Å². The van der Waals surface area contributed by atoms with Gasteiger partial charge in [0.15, 0.2) is 0 Å². The predicted molar refractivity (Wildman–Crippen MR) is 65.5 cm³/mol. The van der Waals surface area contributed by atoms with E-state index in [9.17, 15) is 4.79 Å². The molecule has 0 bridgehead atoms. The van der Waals surface area contributed by atoms with Crippen LogP contribution < -0.4 is 0 Å². The molecule has 3 nitrogen and oxygen atoms in total. The Balaban J connectivity index is 2.67. The van der Waals surface area contributed by atoms with Gasteiger partial charge in [-0.15, -0.1) is 0 Å². The van der Waals surface area contributed by atoms with Gasteiger partial charge < -0.3 is 5.11 Å². The molecular weight excluding hydrogens is 202 g/mol. The van der Waals surface area contributed by atoms with Crippen LogP contribution in [-0.2, 0) is 4.79 Å². The number of carboxylic acid groups (broad SMARTS) is 1. The Morgan fingerprint density at radius 3 is 2.44 bits per heavy atom. The fraction of sp³-hybridized carbons (Fsp3) is 0.923. The van der Waals surface area contributed by atoms with Crippen LogP contribution in [0.25, 0.3) is 0 Å². The topological polar surface area (TPSA) is 40.5 Å². The number of rotatable bonds is 5. The molecule has 3 heteroatoms. The minimum Gasteiger partial charge on any atom is -0.480 e. The third-order valence-electron chi connectivity index (χ3n) is 3.61. The maximum absolute atomic E-state index is 10.9. The van der Waals surface area contributed by atoms with Crippen molar-refractivity contribution in [2.75, 3.05) is 13.1 Å². The molecule has 1 N–H and O–H groups in total. The lowest BCUT2D eigenvalue weighted by molar-refractivity contribution is -0.139. The molecule has 1 saturated carbocycles. The summed E-state index contributed by atoms with van der Waals surface area (Å²) in [6.45, 7) is 10.0. The summed E-state index contributed by atoms with van der Waals surface area (Å²) in [5.41, 5.74) is 0.370. The van der Waals surface area contributed by atoms with E-state index in [-0.39, 0.29) is 6.54 Å². The van der Waals surface area contributed by atoms with Gasteiger partial charge in [0.2, 0.25) is 0 Å². The third-order valence-corrected chi connectivity index (χ3v) is 3.61. The average Bonchev–Trinajstić information content (AvgIpc) is 2.38. The van der Waals surface area contributed by atoms with E-state index in [1.165, 1.54) is 6.42 Å². The van der Waals surface area contributed by atoms with Crippen LogP contribution in [0.3, 0.4) is 0 Å². The highest BCUT2D eigenvalue weighted by Crippen LogP contribution is 2.43. The number of hydrogen-bond acceptors (Lipinski definition) is 2. The van der Waals surface area contributed by atoms with E-state index in [4.69, 9.17) is 5.11 Å². The van der Waals surface area contributed by atoms with E-state index in [2.05, 4.69) is 32.6 Å². The molecule has 0 heterocycles. The maximum Gasteiger partial charge on any atom is 0.317 e. The lowest BCUT2D eigenvalue weighted by Crippen LogP contribution is -2.41. The summed E-state index contributed by atoms with van der Waals surface area (Å²) in [6.07, 6.45) is 3.36. The molecule has 0 aliphatic heterocycles. The van der Waals surface area contributed by atoms with Crippen LogP contribution in [0.1, 0.15) is 47.0 Å². The molecule has 0 saturated heterocycles. The summed E-state index contributed by atoms with van der Waals surface area (Å²) in [5.74, 6) is -0.0914. The minimum atomic E-state index is -0.703. The Labute approximate surface area is 98.8 Å². The molecule has 0 aromatic carbocycles. The highest BCUT2D eigenvalue weighted by Gasteiger charge is 2.39. The first-order valence-corrected chi connectivity index (χ1v) is 6.31. The molecule has 16 heavy (non-hydrogen) atoms. The van der Waals surface area contributed by atoms with Crippen LogP contribution >= 0.6 is 0 Å². The van der Waals surface area contributed by atoms with E-state index in [1.807, 2.05) is 0 Å². The van der Waals surface area contributed by atoms with Crippen molar-refractivity contribution in [2.45, 2.75) is 53.0 Å². The van der Waals surface area contributed by atoms with Gasteiger partial charge in [-0.2, -0.15) is 0 Å². The van der Waals surface area contributed by atoms with Crippen molar-refractivity contribution in [1.82, 2.24) is 4.90 Å². The molecule has 2 atom stereocenters. The van der Waals surface area contributed by atoms with E-state index < -0.39 is 5.97 Å². The number of carbonyl (C=O) groups is 1. The van der Waals surface area contributed by atoms with E-state index in [1.54, 1.807) is 0 Å². The summed E-state index contributed by atoms with van der Waals surface area (Å²) in [5, 5.41) is 8.95. The Hall–Kier alpha value is -0.570. The second-order valence-electron chi connectivity index (χ2n) is 5.98.